The van der Waals surface area contributed by atoms with Crippen LogP contribution < -0.4 is 10.0 Å². The number of aryl methyl sites for hydroxylation is 3. The number of sulfonamides is 1. The molecule has 0 atom stereocenters. The minimum absolute atomic E-state index is 0.00108. The molecule has 154 valence electrons. The van der Waals surface area contributed by atoms with E-state index in [9.17, 15) is 13.2 Å². The summed E-state index contributed by atoms with van der Waals surface area (Å²) < 4.78 is 28.0. The van der Waals surface area contributed by atoms with Crippen molar-refractivity contribution in [1.82, 2.24) is 10.3 Å². The smallest absolute Gasteiger partial charge is 0.263 e. The molecule has 29 heavy (non-hydrogen) atoms. The Morgan fingerprint density at radius 2 is 1.83 bits per heavy atom. The number of nitrogens with one attached hydrogen (secondary N) is 2. The lowest BCUT2D eigenvalue weighted by atomic mass is 10.2. The predicted octanol–water partition coefficient (Wildman–Crippen LogP) is 4.37. The third-order valence-electron chi connectivity index (χ3n) is 4.20. The van der Waals surface area contributed by atoms with Crippen molar-refractivity contribution in [3.63, 3.8) is 0 Å². The van der Waals surface area contributed by atoms with E-state index >= 15 is 0 Å². The van der Waals surface area contributed by atoms with E-state index in [-0.39, 0.29) is 15.7 Å². The van der Waals surface area contributed by atoms with Gasteiger partial charge in [-0.3, -0.25) is 9.52 Å². The topological polar surface area (TPSA) is 88.2 Å². The van der Waals surface area contributed by atoms with Gasteiger partial charge in [0.1, 0.15) is 9.77 Å². The van der Waals surface area contributed by atoms with E-state index in [2.05, 4.69) is 15.0 Å². The standard InChI is InChI=1S/C20H23N3O3S3/c1-14-6-8-16(9-7-14)23-29(25,26)17-10-12-27-19(17)20(24)21-11-4-3-5-18-22-15(2)13-28-18/h6-10,12-13,23H,3-5,11H2,1-2H3,(H,21,24). The first kappa shape index (κ1) is 21.5. The van der Waals surface area contributed by atoms with Gasteiger partial charge in [-0.1, -0.05) is 17.7 Å². The van der Waals surface area contributed by atoms with Crippen LogP contribution in [0.2, 0.25) is 0 Å². The van der Waals surface area contributed by atoms with Gasteiger partial charge in [-0.15, -0.1) is 22.7 Å². The Bertz CT molecular complexity index is 1070. The zero-order valence-electron chi connectivity index (χ0n) is 16.3. The zero-order valence-corrected chi connectivity index (χ0v) is 18.7. The number of hydrogen-bond donors (Lipinski definition) is 2. The molecule has 0 saturated carbocycles. The molecule has 3 aromatic rings. The number of benzene rings is 1. The number of carbonyl (C=O) groups excluding carboxylic acids is 1. The van der Waals surface area contributed by atoms with E-state index in [4.69, 9.17) is 0 Å². The first-order valence-corrected chi connectivity index (χ1v) is 12.5. The first-order valence-electron chi connectivity index (χ1n) is 9.21. The zero-order chi connectivity index (χ0) is 20.9. The molecule has 0 aliphatic heterocycles. The van der Waals surface area contributed by atoms with Crippen LogP contribution in [-0.2, 0) is 16.4 Å². The summed E-state index contributed by atoms with van der Waals surface area (Å²) in [4.78, 5) is 17.1. The van der Waals surface area contributed by atoms with Gasteiger partial charge in [-0.05, 0) is 56.7 Å². The van der Waals surface area contributed by atoms with Gasteiger partial charge >= 0.3 is 0 Å². The highest BCUT2D eigenvalue weighted by Crippen LogP contribution is 2.24. The van der Waals surface area contributed by atoms with Crippen molar-refractivity contribution in [3.05, 3.63) is 62.2 Å². The number of amides is 1. The number of thiazole rings is 1. The Morgan fingerprint density at radius 1 is 1.07 bits per heavy atom. The van der Waals surface area contributed by atoms with Crippen molar-refractivity contribution in [2.45, 2.75) is 38.0 Å². The summed E-state index contributed by atoms with van der Waals surface area (Å²) >= 11 is 2.77. The average molecular weight is 450 g/mol. The molecular weight excluding hydrogens is 426 g/mol. The highest BCUT2D eigenvalue weighted by atomic mass is 32.2. The van der Waals surface area contributed by atoms with Crippen LogP contribution in [0.25, 0.3) is 0 Å². The molecule has 0 saturated heterocycles. The van der Waals surface area contributed by atoms with E-state index in [0.717, 1.165) is 46.9 Å². The number of aromatic nitrogens is 1. The lowest BCUT2D eigenvalue weighted by Crippen LogP contribution is -2.26. The second kappa shape index (κ2) is 9.51. The summed E-state index contributed by atoms with van der Waals surface area (Å²) in [5.74, 6) is -0.366. The molecule has 6 nitrogen and oxygen atoms in total. The Hall–Kier alpha value is -2.23. The molecule has 0 fully saturated rings. The predicted molar refractivity (Wildman–Crippen MR) is 118 cm³/mol. The van der Waals surface area contributed by atoms with Gasteiger partial charge in [0.2, 0.25) is 0 Å². The van der Waals surface area contributed by atoms with Gasteiger partial charge in [0.05, 0.1) is 5.01 Å². The molecular formula is C20H23N3O3S3. The number of hydrogen-bond acceptors (Lipinski definition) is 6. The highest BCUT2D eigenvalue weighted by molar-refractivity contribution is 7.93. The monoisotopic (exact) mass is 449 g/mol. The highest BCUT2D eigenvalue weighted by Gasteiger charge is 2.24. The summed E-state index contributed by atoms with van der Waals surface area (Å²) in [6, 6.07) is 8.50. The molecule has 0 aliphatic rings. The third kappa shape index (κ3) is 5.88. The lowest BCUT2D eigenvalue weighted by molar-refractivity contribution is 0.0954. The number of carbonyl (C=O) groups is 1. The normalized spacial score (nSPS) is 11.4. The molecule has 1 aromatic carbocycles. The summed E-state index contributed by atoms with van der Waals surface area (Å²) in [7, 11) is -3.83. The molecule has 2 aromatic heterocycles. The molecule has 3 rings (SSSR count). The van der Waals surface area contributed by atoms with Gasteiger partial charge in [0.15, 0.2) is 0 Å². The Balaban J connectivity index is 1.55. The molecule has 2 N–H and O–H groups in total. The minimum Gasteiger partial charge on any atom is -0.351 e. The SMILES string of the molecule is Cc1ccc(NS(=O)(=O)c2ccsc2C(=O)NCCCCc2nc(C)cs2)cc1. The van der Waals surface area contributed by atoms with E-state index in [0.29, 0.717) is 12.2 Å². The number of thiophene rings is 1. The van der Waals surface area contributed by atoms with Gasteiger partial charge in [-0.25, -0.2) is 13.4 Å². The maximum absolute atomic E-state index is 12.7. The fourth-order valence-electron chi connectivity index (χ4n) is 2.71. The first-order chi connectivity index (χ1) is 13.8. The number of rotatable bonds is 9. The molecule has 0 bridgehead atoms. The van der Waals surface area contributed by atoms with Crippen molar-refractivity contribution < 1.29 is 13.2 Å². The fraction of sp³-hybridized carbons (Fsp3) is 0.300. The largest absolute Gasteiger partial charge is 0.351 e. The van der Waals surface area contributed by atoms with Crippen molar-refractivity contribution in [2.24, 2.45) is 0 Å². The number of unbranched alkanes of at least 4 members (excludes halogenated alkanes) is 1. The number of anilines is 1. The maximum Gasteiger partial charge on any atom is 0.263 e. The molecule has 0 aliphatic carbocycles. The quantitative estimate of drug-likeness (QED) is 0.475. The second-order valence-corrected chi connectivity index (χ2v) is 10.2. The van der Waals surface area contributed by atoms with Crippen LogP contribution in [0, 0.1) is 13.8 Å². The average Bonchev–Trinajstić information content (AvgIpc) is 3.32. The Morgan fingerprint density at radius 3 is 2.52 bits per heavy atom. The molecule has 0 unspecified atom stereocenters. The van der Waals surface area contributed by atoms with Crippen molar-refractivity contribution in [1.29, 1.82) is 0 Å². The molecule has 0 spiro atoms. The van der Waals surface area contributed by atoms with Gasteiger partial charge in [-0.2, -0.15) is 0 Å². The summed E-state index contributed by atoms with van der Waals surface area (Å²) in [5.41, 5.74) is 2.53. The van der Waals surface area contributed by atoms with Gasteiger partial charge in [0, 0.05) is 23.3 Å². The summed E-state index contributed by atoms with van der Waals surface area (Å²) in [6.45, 7) is 4.39. The van der Waals surface area contributed by atoms with Gasteiger partial charge < -0.3 is 5.32 Å². The molecule has 9 heteroatoms. The second-order valence-electron chi connectivity index (χ2n) is 6.68. The summed E-state index contributed by atoms with van der Waals surface area (Å²) in [6.07, 6.45) is 2.60. The van der Waals surface area contributed by atoms with E-state index in [1.165, 1.54) is 6.07 Å². The van der Waals surface area contributed by atoms with E-state index in [1.807, 2.05) is 31.4 Å². The van der Waals surface area contributed by atoms with Crippen LogP contribution >= 0.6 is 22.7 Å². The van der Waals surface area contributed by atoms with Crippen LogP contribution in [0.15, 0.2) is 46.0 Å². The van der Waals surface area contributed by atoms with Gasteiger partial charge in [0.25, 0.3) is 15.9 Å². The molecule has 1 amide bonds. The summed E-state index contributed by atoms with van der Waals surface area (Å²) in [5, 5.41) is 7.57. The van der Waals surface area contributed by atoms with Crippen molar-refractivity contribution in [3.8, 4) is 0 Å². The van der Waals surface area contributed by atoms with Crippen LogP contribution in [0.4, 0.5) is 5.69 Å². The van der Waals surface area contributed by atoms with Crippen molar-refractivity contribution >= 4 is 44.3 Å². The van der Waals surface area contributed by atoms with Crippen molar-refractivity contribution in [2.75, 3.05) is 11.3 Å². The molecule has 0 radical (unpaired) electrons. The van der Waals surface area contributed by atoms with E-state index < -0.39 is 10.0 Å². The third-order valence-corrected chi connectivity index (χ3v) is 7.69. The Kier molecular flexibility index (Phi) is 7.05. The van der Waals surface area contributed by atoms with Crippen LogP contribution in [-0.4, -0.2) is 25.9 Å². The van der Waals surface area contributed by atoms with Crippen LogP contribution in [0.5, 0.6) is 0 Å². The molecule has 2 heterocycles. The lowest BCUT2D eigenvalue weighted by Gasteiger charge is -2.09. The maximum atomic E-state index is 12.7. The number of nitrogens with zero attached hydrogens (tertiary/aromatic N) is 1. The fourth-order valence-corrected chi connectivity index (χ4v) is 5.93. The van der Waals surface area contributed by atoms with Crippen LogP contribution in [0.1, 0.15) is 38.8 Å². The Labute approximate surface area is 179 Å². The van der Waals surface area contributed by atoms with E-state index in [1.54, 1.807) is 28.8 Å². The minimum atomic E-state index is -3.83. The van der Waals surface area contributed by atoms with Crippen LogP contribution in [0.3, 0.4) is 0 Å².